The molecule has 1 N–H and O–H groups in total. The second kappa shape index (κ2) is 6.09. The van der Waals surface area contributed by atoms with E-state index in [9.17, 15) is 4.79 Å². The van der Waals surface area contributed by atoms with Crippen molar-refractivity contribution in [3.63, 3.8) is 0 Å². The molecule has 3 nitrogen and oxygen atoms in total. The van der Waals surface area contributed by atoms with Crippen molar-refractivity contribution in [2.75, 3.05) is 7.11 Å². The highest BCUT2D eigenvalue weighted by atomic mass is 16.5. The number of rotatable bonds is 4. The second-order valence-corrected chi connectivity index (χ2v) is 5.45. The van der Waals surface area contributed by atoms with Crippen LogP contribution in [-0.4, -0.2) is 13.0 Å². The van der Waals surface area contributed by atoms with Crippen LogP contribution in [0.4, 0.5) is 0 Å². The lowest BCUT2D eigenvalue weighted by molar-refractivity contribution is -0.124. The summed E-state index contributed by atoms with van der Waals surface area (Å²) in [7, 11) is 1.68. The molecule has 2 rings (SSSR count). The fourth-order valence-corrected chi connectivity index (χ4v) is 2.77. The van der Waals surface area contributed by atoms with Gasteiger partial charge in [0.15, 0.2) is 0 Å². The van der Waals surface area contributed by atoms with Gasteiger partial charge in [0, 0.05) is 12.5 Å². The standard InChI is InChI=1S/C16H23NO2/c1-11-9-15(19-3)12(2)8-14(11)10-17-16(18)13-6-4-5-7-13/h8-9,13H,4-7,10H2,1-3H3,(H,17,18). The van der Waals surface area contributed by atoms with E-state index >= 15 is 0 Å². The molecule has 0 unspecified atom stereocenters. The highest BCUT2D eigenvalue weighted by Gasteiger charge is 2.22. The van der Waals surface area contributed by atoms with Crippen LogP contribution in [0.2, 0.25) is 0 Å². The third-order valence-corrected chi connectivity index (χ3v) is 4.03. The summed E-state index contributed by atoms with van der Waals surface area (Å²) in [6.07, 6.45) is 4.48. The molecule has 1 saturated carbocycles. The van der Waals surface area contributed by atoms with Gasteiger partial charge in [0.25, 0.3) is 0 Å². The van der Waals surface area contributed by atoms with Crippen molar-refractivity contribution in [2.24, 2.45) is 5.92 Å². The molecular weight excluding hydrogens is 238 g/mol. The van der Waals surface area contributed by atoms with Crippen LogP contribution in [-0.2, 0) is 11.3 Å². The summed E-state index contributed by atoms with van der Waals surface area (Å²) in [4.78, 5) is 12.0. The summed E-state index contributed by atoms with van der Waals surface area (Å²) < 4.78 is 5.30. The maximum atomic E-state index is 12.0. The molecule has 3 heteroatoms. The molecule has 0 aromatic heterocycles. The van der Waals surface area contributed by atoms with E-state index in [1.165, 1.54) is 18.4 Å². The van der Waals surface area contributed by atoms with E-state index in [1.54, 1.807) is 7.11 Å². The van der Waals surface area contributed by atoms with Crippen LogP contribution in [0.1, 0.15) is 42.4 Å². The number of benzene rings is 1. The van der Waals surface area contributed by atoms with E-state index in [-0.39, 0.29) is 11.8 Å². The Labute approximate surface area is 115 Å². The summed E-state index contributed by atoms with van der Waals surface area (Å²) in [5.41, 5.74) is 3.44. The number of amides is 1. The quantitative estimate of drug-likeness (QED) is 0.904. The Bertz CT molecular complexity index is 462. The van der Waals surface area contributed by atoms with Gasteiger partial charge in [-0.2, -0.15) is 0 Å². The highest BCUT2D eigenvalue weighted by molar-refractivity contribution is 5.78. The molecule has 0 bridgehead atoms. The molecule has 0 aliphatic heterocycles. The predicted octanol–water partition coefficient (Wildman–Crippen LogP) is 3.12. The van der Waals surface area contributed by atoms with Crippen molar-refractivity contribution < 1.29 is 9.53 Å². The fraction of sp³-hybridized carbons (Fsp3) is 0.562. The van der Waals surface area contributed by atoms with Crippen molar-refractivity contribution in [2.45, 2.75) is 46.1 Å². The van der Waals surface area contributed by atoms with Crippen LogP contribution in [0.15, 0.2) is 12.1 Å². The van der Waals surface area contributed by atoms with Gasteiger partial charge in [0.05, 0.1) is 7.11 Å². The fourth-order valence-electron chi connectivity index (χ4n) is 2.77. The molecule has 1 aliphatic carbocycles. The van der Waals surface area contributed by atoms with E-state index in [4.69, 9.17) is 4.74 Å². The first-order valence-corrected chi connectivity index (χ1v) is 7.03. The lowest BCUT2D eigenvalue weighted by atomic mass is 10.0. The summed E-state index contributed by atoms with van der Waals surface area (Å²) in [6, 6.07) is 4.13. The molecule has 1 aromatic rings. The van der Waals surface area contributed by atoms with Crippen molar-refractivity contribution in [1.29, 1.82) is 0 Å². The van der Waals surface area contributed by atoms with Gasteiger partial charge in [-0.05, 0) is 49.4 Å². The molecule has 19 heavy (non-hydrogen) atoms. The van der Waals surface area contributed by atoms with Crippen LogP contribution < -0.4 is 10.1 Å². The minimum Gasteiger partial charge on any atom is -0.496 e. The zero-order valence-electron chi connectivity index (χ0n) is 12.1. The van der Waals surface area contributed by atoms with Crippen molar-refractivity contribution >= 4 is 5.91 Å². The first-order chi connectivity index (χ1) is 9.11. The predicted molar refractivity (Wildman–Crippen MR) is 76.3 cm³/mol. The largest absolute Gasteiger partial charge is 0.496 e. The van der Waals surface area contributed by atoms with Crippen LogP contribution >= 0.6 is 0 Å². The van der Waals surface area contributed by atoms with E-state index in [1.807, 2.05) is 13.0 Å². The van der Waals surface area contributed by atoms with Gasteiger partial charge >= 0.3 is 0 Å². The molecule has 1 aliphatic rings. The Hall–Kier alpha value is -1.51. The van der Waals surface area contributed by atoms with E-state index < -0.39 is 0 Å². The number of ether oxygens (including phenoxy) is 1. The van der Waals surface area contributed by atoms with Gasteiger partial charge in [0.2, 0.25) is 5.91 Å². The molecule has 104 valence electrons. The van der Waals surface area contributed by atoms with E-state index in [0.29, 0.717) is 6.54 Å². The molecule has 1 aromatic carbocycles. The number of nitrogens with one attached hydrogen (secondary N) is 1. The number of methoxy groups -OCH3 is 1. The van der Waals surface area contributed by atoms with Gasteiger partial charge in [-0.15, -0.1) is 0 Å². The lowest BCUT2D eigenvalue weighted by Gasteiger charge is -2.14. The first kappa shape index (κ1) is 13.9. The summed E-state index contributed by atoms with van der Waals surface area (Å²) in [5.74, 6) is 1.35. The Morgan fingerprint density at radius 2 is 1.95 bits per heavy atom. The van der Waals surface area contributed by atoms with Gasteiger partial charge in [0.1, 0.15) is 5.75 Å². The van der Waals surface area contributed by atoms with Crippen LogP contribution in [0.5, 0.6) is 5.75 Å². The molecule has 0 heterocycles. The zero-order valence-corrected chi connectivity index (χ0v) is 12.1. The number of aryl methyl sites for hydroxylation is 2. The normalized spacial score (nSPS) is 15.5. The van der Waals surface area contributed by atoms with Crippen LogP contribution in [0, 0.1) is 19.8 Å². The van der Waals surface area contributed by atoms with Crippen molar-refractivity contribution in [3.8, 4) is 5.75 Å². The minimum absolute atomic E-state index is 0.213. The topological polar surface area (TPSA) is 38.3 Å². The minimum atomic E-state index is 0.213. The van der Waals surface area contributed by atoms with Gasteiger partial charge in [-0.25, -0.2) is 0 Å². The Morgan fingerprint density at radius 1 is 1.26 bits per heavy atom. The Kier molecular flexibility index (Phi) is 4.46. The molecule has 0 saturated heterocycles. The summed E-state index contributed by atoms with van der Waals surface area (Å²) >= 11 is 0. The molecule has 0 radical (unpaired) electrons. The van der Waals surface area contributed by atoms with E-state index in [2.05, 4.69) is 18.3 Å². The second-order valence-electron chi connectivity index (χ2n) is 5.45. The molecule has 1 amide bonds. The monoisotopic (exact) mass is 261 g/mol. The van der Waals surface area contributed by atoms with Gasteiger partial charge in [-0.1, -0.05) is 18.9 Å². The maximum Gasteiger partial charge on any atom is 0.223 e. The third kappa shape index (κ3) is 3.28. The van der Waals surface area contributed by atoms with Crippen LogP contribution in [0.3, 0.4) is 0 Å². The maximum absolute atomic E-state index is 12.0. The summed E-state index contributed by atoms with van der Waals surface area (Å²) in [6.45, 7) is 4.70. The molecule has 0 atom stereocenters. The molecule has 1 fully saturated rings. The summed E-state index contributed by atoms with van der Waals surface area (Å²) in [5, 5.41) is 3.07. The van der Waals surface area contributed by atoms with Gasteiger partial charge in [-0.3, -0.25) is 4.79 Å². The van der Waals surface area contributed by atoms with Gasteiger partial charge < -0.3 is 10.1 Å². The van der Waals surface area contributed by atoms with E-state index in [0.717, 1.165) is 29.7 Å². The Balaban J connectivity index is 1.99. The number of carbonyl (C=O) groups excluding carboxylic acids is 1. The number of hydrogen-bond acceptors (Lipinski definition) is 2. The number of hydrogen-bond donors (Lipinski definition) is 1. The average Bonchev–Trinajstić information content (AvgIpc) is 2.93. The number of carbonyl (C=O) groups is 1. The van der Waals surface area contributed by atoms with Crippen LogP contribution in [0.25, 0.3) is 0 Å². The lowest BCUT2D eigenvalue weighted by Crippen LogP contribution is -2.29. The smallest absolute Gasteiger partial charge is 0.223 e. The Morgan fingerprint density at radius 3 is 2.58 bits per heavy atom. The van der Waals surface area contributed by atoms with Crippen molar-refractivity contribution in [3.05, 3.63) is 28.8 Å². The highest BCUT2D eigenvalue weighted by Crippen LogP contribution is 2.25. The third-order valence-electron chi connectivity index (χ3n) is 4.03. The SMILES string of the molecule is COc1cc(C)c(CNC(=O)C2CCCC2)cc1C. The zero-order chi connectivity index (χ0) is 13.8. The van der Waals surface area contributed by atoms with Crippen molar-refractivity contribution in [1.82, 2.24) is 5.32 Å². The molecule has 0 spiro atoms. The average molecular weight is 261 g/mol. The first-order valence-electron chi connectivity index (χ1n) is 7.03. The molecular formula is C16H23NO2.